The molecule has 0 radical (unpaired) electrons. The van der Waals surface area contributed by atoms with E-state index in [1.54, 1.807) is 0 Å². The molecule has 13 heavy (non-hydrogen) atoms. The van der Waals surface area contributed by atoms with Crippen LogP contribution in [0.4, 0.5) is 0 Å². The molecule has 72 valence electrons. The lowest BCUT2D eigenvalue weighted by molar-refractivity contribution is 0.758. The minimum atomic E-state index is 0.406. The van der Waals surface area contributed by atoms with Crippen LogP contribution in [0.3, 0.4) is 0 Å². The van der Waals surface area contributed by atoms with Crippen LogP contribution in [-0.2, 0) is 0 Å². The highest BCUT2D eigenvalue weighted by atomic mass is 79.9. The zero-order valence-electron chi connectivity index (χ0n) is 7.52. The summed E-state index contributed by atoms with van der Waals surface area (Å²) in [6, 6.07) is 5.89. The third kappa shape index (κ3) is 2.71. The van der Waals surface area contributed by atoms with E-state index in [2.05, 4.69) is 45.7 Å². The Morgan fingerprint density at radius 3 is 2.38 bits per heavy atom. The summed E-state index contributed by atoms with van der Waals surface area (Å²) in [6.07, 6.45) is 0. The molecular formula is C10H11Br2Cl. The van der Waals surface area contributed by atoms with Crippen LogP contribution in [0.15, 0.2) is 22.7 Å². The fraction of sp³-hybridized carbons (Fsp3) is 0.400. The molecule has 0 aliphatic carbocycles. The van der Waals surface area contributed by atoms with Crippen molar-refractivity contribution in [2.45, 2.75) is 24.6 Å². The van der Waals surface area contributed by atoms with Crippen molar-refractivity contribution in [2.24, 2.45) is 0 Å². The van der Waals surface area contributed by atoms with E-state index in [-0.39, 0.29) is 0 Å². The highest BCUT2D eigenvalue weighted by Gasteiger charge is 2.16. The molecule has 0 fully saturated rings. The second-order valence-corrected chi connectivity index (χ2v) is 5.81. The van der Waals surface area contributed by atoms with Crippen molar-refractivity contribution in [2.75, 3.05) is 0 Å². The summed E-state index contributed by atoms with van der Waals surface area (Å²) < 4.78 is 1.08. The average molecular weight is 326 g/mol. The quantitative estimate of drug-likeness (QED) is 0.672. The van der Waals surface area contributed by atoms with E-state index >= 15 is 0 Å². The van der Waals surface area contributed by atoms with Gasteiger partial charge in [-0.05, 0) is 23.6 Å². The number of alkyl halides is 1. The highest BCUT2D eigenvalue weighted by Crippen LogP contribution is 2.35. The van der Waals surface area contributed by atoms with Crippen molar-refractivity contribution in [1.29, 1.82) is 0 Å². The lowest BCUT2D eigenvalue weighted by Gasteiger charge is -2.17. The van der Waals surface area contributed by atoms with Crippen LogP contribution in [0.5, 0.6) is 0 Å². The van der Waals surface area contributed by atoms with E-state index in [1.807, 2.05) is 18.2 Å². The van der Waals surface area contributed by atoms with E-state index in [4.69, 9.17) is 11.6 Å². The van der Waals surface area contributed by atoms with Gasteiger partial charge < -0.3 is 0 Å². The first-order valence-corrected chi connectivity index (χ1v) is 6.20. The van der Waals surface area contributed by atoms with Gasteiger partial charge in [0.05, 0.1) is 0 Å². The van der Waals surface area contributed by atoms with Gasteiger partial charge in [-0.25, -0.2) is 0 Å². The molecule has 0 saturated heterocycles. The van der Waals surface area contributed by atoms with Gasteiger partial charge in [-0.2, -0.15) is 0 Å². The van der Waals surface area contributed by atoms with E-state index in [0.29, 0.717) is 10.7 Å². The Labute approximate surface area is 101 Å². The maximum absolute atomic E-state index is 6.12. The van der Waals surface area contributed by atoms with E-state index in [1.165, 1.54) is 5.56 Å². The van der Waals surface area contributed by atoms with Crippen LogP contribution in [-0.4, -0.2) is 4.83 Å². The molecule has 0 bridgehead atoms. The van der Waals surface area contributed by atoms with Gasteiger partial charge in [0.1, 0.15) is 0 Å². The van der Waals surface area contributed by atoms with Crippen LogP contribution in [0.25, 0.3) is 0 Å². The Balaban J connectivity index is 3.12. The number of hydrogen-bond acceptors (Lipinski definition) is 0. The maximum Gasteiger partial charge on any atom is 0.0452 e. The summed E-state index contributed by atoms with van der Waals surface area (Å²) >= 11 is 13.2. The summed E-state index contributed by atoms with van der Waals surface area (Å²) in [4.78, 5) is 0.420. The van der Waals surface area contributed by atoms with Gasteiger partial charge in [-0.15, -0.1) is 0 Å². The SMILES string of the molecule is CC(Br)C(C)c1c(Cl)cccc1Br. The topological polar surface area (TPSA) is 0 Å². The first-order chi connectivity index (χ1) is 6.04. The predicted molar refractivity (Wildman–Crippen MR) is 66.0 cm³/mol. The molecule has 0 amide bonds. The van der Waals surface area contributed by atoms with Gasteiger partial charge in [-0.1, -0.05) is 63.4 Å². The van der Waals surface area contributed by atoms with E-state index in [9.17, 15) is 0 Å². The Morgan fingerprint density at radius 2 is 1.92 bits per heavy atom. The molecule has 1 aromatic rings. The van der Waals surface area contributed by atoms with Gasteiger partial charge in [0.15, 0.2) is 0 Å². The van der Waals surface area contributed by atoms with Crippen LogP contribution in [0.1, 0.15) is 25.3 Å². The van der Waals surface area contributed by atoms with Gasteiger partial charge in [-0.3, -0.25) is 0 Å². The molecule has 0 spiro atoms. The first-order valence-electron chi connectivity index (χ1n) is 4.12. The van der Waals surface area contributed by atoms with Crippen molar-refractivity contribution in [1.82, 2.24) is 0 Å². The Bertz CT molecular complexity index is 277. The molecule has 0 aliphatic heterocycles. The van der Waals surface area contributed by atoms with Gasteiger partial charge in [0.25, 0.3) is 0 Å². The van der Waals surface area contributed by atoms with Crippen molar-refractivity contribution in [3.8, 4) is 0 Å². The Morgan fingerprint density at radius 1 is 1.31 bits per heavy atom. The molecule has 2 unspecified atom stereocenters. The second-order valence-electron chi connectivity index (χ2n) is 3.10. The molecular weight excluding hydrogens is 315 g/mol. The molecule has 2 atom stereocenters. The highest BCUT2D eigenvalue weighted by molar-refractivity contribution is 9.10. The smallest absolute Gasteiger partial charge is 0.0452 e. The van der Waals surface area contributed by atoms with Crippen molar-refractivity contribution in [3.05, 3.63) is 33.3 Å². The molecule has 0 nitrogen and oxygen atoms in total. The summed E-state index contributed by atoms with van der Waals surface area (Å²) in [7, 11) is 0. The molecule has 0 aliphatic rings. The van der Waals surface area contributed by atoms with Gasteiger partial charge in [0.2, 0.25) is 0 Å². The Hall–Kier alpha value is 0.470. The molecule has 3 heteroatoms. The summed E-state index contributed by atoms with van der Waals surface area (Å²) in [5, 5.41) is 0.827. The largest absolute Gasteiger partial charge is 0.0887 e. The fourth-order valence-corrected chi connectivity index (χ4v) is 2.63. The summed E-state index contributed by atoms with van der Waals surface area (Å²) in [5.74, 6) is 0.406. The zero-order valence-corrected chi connectivity index (χ0v) is 11.4. The molecule has 0 saturated carbocycles. The summed E-state index contributed by atoms with van der Waals surface area (Å²) in [6.45, 7) is 4.28. The fourth-order valence-electron chi connectivity index (χ4n) is 1.18. The average Bonchev–Trinajstić information content (AvgIpc) is 2.03. The summed E-state index contributed by atoms with van der Waals surface area (Å²) in [5.41, 5.74) is 1.17. The molecule has 0 aromatic heterocycles. The minimum Gasteiger partial charge on any atom is -0.0887 e. The van der Waals surface area contributed by atoms with E-state index in [0.717, 1.165) is 9.50 Å². The number of hydrogen-bond donors (Lipinski definition) is 0. The van der Waals surface area contributed by atoms with Crippen LogP contribution in [0.2, 0.25) is 5.02 Å². The third-order valence-corrected chi connectivity index (χ3v) is 3.96. The molecule has 0 N–H and O–H groups in total. The zero-order chi connectivity index (χ0) is 10.0. The van der Waals surface area contributed by atoms with Crippen LogP contribution < -0.4 is 0 Å². The first kappa shape index (κ1) is 11.5. The number of halogens is 3. The number of rotatable bonds is 2. The van der Waals surface area contributed by atoms with Gasteiger partial charge >= 0.3 is 0 Å². The Kier molecular flexibility index (Phi) is 4.27. The van der Waals surface area contributed by atoms with E-state index < -0.39 is 0 Å². The van der Waals surface area contributed by atoms with Crippen LogP contribution >= 0.6 is 43.5 Å². The van der Waals surface area contributed by atoms with Crippen molar-refractivity contribution < 1.29 is 0 Å². The molecule has 0 heterocycles. The minimum absolute atomic E-state index is 0.406. The number of benzene rings is 1. The lowest BCUT2D eigenvalue weighted by atomic mass is 9.99. The monoisotopic (exact) mass is 324 g/mol. The lowest BCUT2D eigenvalue weighted by Crippen LogP contribution is -2.05. The van der Waals surface area contributed by atoms with Crippen LogP contribution in [0, 0.1) is 0 Å². The predicted octanol–water partition coefficient (Wildman–Crippen LogP) is 4.99. The molecule has 1 rings (SSSR count). The second kappa shape index (κ2) is 4.81. The maximum atomic E-state index is 6.12. The van der Waals surface area contributed by atoms with Crippen molar-refractivity contribution >= 4 is 43.5 Å². The van der Waals surface area contributed by atoms with Crippen molar-refractivity contribution in [3.63, 3.8) is 0 Å². The molecule has 1 aromatic carbocycles. The third-order valence-electron chi connectivity index (χ3n) is 2.14. The van der Waals surface area contributed by atoms with Gasteiger partial charge in [0, 0.05) is 14.3 Å². The standard InChI is InChI=1S/C10H11Br2Cl/c1-6(7(2)11)10-8(12)4-3-5-9(10)13/h3-7H,1-2H3. The normalized spacial score (nSPS) is 15.5.